The molecule has 1 N–H and O–H groups in total. The Bertz CT molecular complexity index is 159. The van der Waals surface area contributed by atoms with E-state index in [9.17, 15) is 0 Å². The lowest BCUT2D eigenvalue weighted by Crippen LogP contribution is -2.39. The minimum Gasteiger partial charge on any atom is -0.315 e. The Morgan fingerprint density at radius 2 is 1.56 bits per heavy atom. The SMILES string of the molecule is CCCCCCNCCN(CCCC)C(C)CC. The third kappa shape index (κ3) is 9.90. The molecule has 0 aliphatic rings. The first kappa shape index (κ1) is 17.9. The Hall–Kier alpha value is -0.0800. The fourth-order valence-corrected chi connectivity index (χ4v) is 2.20. The second kappa shape index (κ2) is 13.4. The lowest BCUT2D eigenvalue weighted by atomic mass is 10.2. The normalized spacial score (nSPS) is 13.2. The number of hydrogen-bond acceptors (Lipinski definition) is 2. The van der Waals surface area contributed by atoms with Crippen LogP contribution in [0.25, 0.3) is 0 Å². The fourth-order valence-electron chi connectivity index (χ4n) is 2.20. The highest BCUT2D eigenvalue weighted by Gasteiger charge is 2.10. The van der Waals surface area contributed by atoms with Gasteiger partial charge in [-0.3, -0.25) is 4.90 Å². The van der Waals surface area contributed by atoms with Gasteiger partial charge in [-0.25, -0.2) is 0 Å². The van der Waals surface area contributed by atoms with Gasteiger partial charge in [0.15, 0.2) is 0 Å². The first-order valence-corrected chi connectivity index (χ1v) is 8.20. The minimum absolute atomic E-state index is 0.735. The summed E-state index contributed by atoms with van der Waals surface area (Å²) in [6.07, 6.45) is 9.34. The molecule has 0 bridgehead atoms. The van der Waals surface area contributed by atoms with E-state index in [1.807, 2.05) is 0 Å². The number of nitrogens with zero attached hydrogens (tertiary/aromatic N) is 1. The van der Waals surface area contributed by atoms with Crippen molar-refractivity contribution >= 4 is 0 Å². The van der Waals surface area contributed by atoms with Crippen LogP contribution in [0.15, 0.2) is 0 Å². The largest absolute Gasteiger partial charge is 0.315 e. The minimum atomic E-state index is 0.735. The Balaban J connectivity index is 3.56. The van der Waals surface area contributed by atoms with Gasteiger partial charge in [0.25, 0.3) is 0 Å². The van der Waals surface area contributed by atoms with E-state index < -0.39 is 0 Å². The zero-order chi connectivity index (χ0) is 13.6. The van der Waals surface area contributed by atoms with E-state index in [2.05, 4.69) is 37.9 Å². The topological polar surface area (TPSA) is 15.3 Å². The van der Waals surface area contributed by atoms with Crippen molar-refractivity contribution in [2.45, 2.75) is 78.7 Å². The highest BCUT2D eigenvalue weighted by molar-refractivity contribution is 4.67. The summed E-state index contributed by atoms with van der Waals surface area (Å²) in [5, 5.41) is 3.59. The third-order valence-electron chi connectivity index (χ3n) is 3.80. The predicted molar refractivity (Wildman–Crippen MR) is 83.2 cm³/mol. The van der Waals surface area contributed by atoms with Crippen molar-refractivity contribution in [1.29, 1.82) is 0 Å². The van der Waals surface area contributed by atoms with Crippen LogP contribution in [0, 0.1) is 0 Å². The molecule has 0 radical (unpaired) electrons. The van der Waals surface area contributed by atoms with Crippen LogP contribution in [0.4, 0.5) is 0 Å². The van der Waals surface area contributed by atoms with E-state index in [-0.39, 0.29) is 0 Å². The molecule has 0 aromatic heterocycles. The van der Waals surface area contributed by atoms with Gasteiger partial charge >= 0.3 is 0 Å². The van der Waals surface area contributed by atoms with Crippen molar-refractivity contribution in [3.8, 4) is 0 Å². The molecule has 0 aromatic carbocycles. The summed E-state index contributed by atoms with van der Waals surface area (Å²) in [6.45, 7) is 14.0. The third-order valence-corrected chi connectivity index (χ3v) is 3.80. The summed E-state index contributed by atoms with van der Waals surface area (Å²) in [5.41, 5.74) is 0. The van der Waals surface area contributed by atoms with Crippen LogP contribution in [-0.4, -0.2) is 37.1 Å². The Kier molecular flexibility index (Phi) is 13.3. The van der Waals surface area contributed by atoms with Crippen molar-refractivity contribution in [2.24, 2.45) is 0 Å². The molecule has 2 nitrogen and oxygen atoms in total. The van der Waals surface area contributed by atoms with E-state index in [0.29, 0.717) is 0 Å². The first-order valence-electron chi connectivity index (χ1n) is 8.20. The van der Waals surface area contributed by atoms with E-state index in [1.54, 1.807) is 0 Å². The molecule has 2 heteroatoms. The lowest BCUT2D eigenvalue weighted by molar-refractivity contribution is 0.201. The number of rotatable bonds is 13. The standard InChI is InChI=1S/C16H36N2/c1-5-8-10-11-12-17-13-15-18(14-9-6-2)16(4)7-3/h16-17H,5-15H2,1-4H3. The van der Waals surface area contributed by atoms with Gasteiger partial charge in [0, 0.05) is 19.1 Å². The highest BCUT2D eigenvalue weighted by Crippen LogP contribution is 2.05. The molecular weight excluding hydrogens is 220 g/mol. The van der Waals surface area contributed by atoms with Crippen molar-refractivity contribution in [1.82, 2.24) is 10.2 Å². The van der Waals surface area contributed by atoms with Crippen molar-refractivity contribution in [3.05, 3.63) is 0 Å². The Morgan fingerprint density at radius 3 is 2.17 bits per heavy atom. The molecule has 1 atom stereocenters. The van der Waals surface area contributed by atoms with Gasteiger partial charge in [-0.15, -0.1) is 0 Å². The van der Waals surface area contributed by atoms with Crippen LogP contribution in [0.1, 0.15) is 72.6 Å². The Morgan fingerprint density at radius 1 is 0.833 bits per heavy atom. The van der Waals surface area contributed by atoms with E-state index in [0.717, 1.165) is 12.6 Å². The molecule has 1 unspecified atom stereocenters. The maximum atomic E-state index is 3.59. The quantitative estimate of drug-likeness (QED) is 0.500. The second-order valence-electron chi connectivity index (χ2n) is 5.46. The molecule has 0 aliphatic heterocycles. The monoisotopic (exact) mass is 256 g/mol. The molecule has 0 heterocycles. The Labute approximate surface area is 116 Å². The summed E-state index contributed by atoms with van der Waals surface area (Å²) < 4.78 is 0. The molecule has 0 rings (SSSR count). The van der Waals surface area contributed by atoms with Gasteiger partial charge in [-0.1, -0.05) is 46.5 Å². The summed E-state index contributed by atoms with van der Waals surface area (Å²) in [6, 6.07) is 0.735. The molecule has 0 fully saturated rings. The van der Waals surface area contributed by atoms with Gasteiger partial charge in [0.1, 0.15) is 0 Å². The number of hydrogen-bond donors (Lipinski definition) is 1. The molecule has 0 saturated heterocycles. The summed E-state index contributed by atoms with van der Waals surface area (Å²) in [7, 11) is 0. The first-order chi connectivity index (χ1) is 8.76. The van der Waals surface area contributed by atoms with Gasteiger partial charge in [0.05, 0.1) is 0 Å². The fraction of sp³-hybridized carbons (Fsp3) is 1.00. The zero-order valence-corrected chi connectivity index (χ0v) is 13.3. The second-order valence-corrected chi connectivity index (χ2v) is 5.46. The van der Waals surface area contributed by atoms with Crippen LogP contribution in [0.5, 0.6) is 0 Å². The van der Waals surface area contributed by atoms with Crippen LogP contribution in [0.2, 0.25) is 0 Å². The molecule has 0 saturated carbocycles. The predicted octanol–water partition coefficient (Wildman–Crippen LogP) is 4.06. The summed E-state index contributed by atoms with van der Waals surface area (Å²) in [5.74, 6) is 0. The van der Waals surface area contributed by atoms with Gasteiger partial charge in [-0.05, 0) is 39.3 Å². The summed E-state index contributed by atoms with van der Waals surface area (Å²) in [4.78, 5) is 2.64. The van der Waals surface area contributed by atoms with Crippen molar-refractivity contribution in [3.63, 3.8) is 0 Å². The van der Waals surface area contributed by atoms with Crippen molar-refractivity contribution in [2.75, 3.05) is 26.2 Å². The van der Waals surface area contributed by atoms with Crippen LogP contribution < -0.4 is 5.32 Å². The van der Waals surface area contributed by atoms with Gasteiger partial charge in [-0.2, -0.15) is 0 Å². The molecule has 0 spiro atoms. The van der Waals surface area contributed by atoms with E-state index in [1.165, 1.54) is 64.6 Å². The van der Waals surface area contributed by atoms with Crippen LogP contribution >= 0.6 is 0 Å². The molecule has 110 valence electrons. The molecular formula is C16H36N2. The maximum absolute atomic E-state index is 3.59. The van der Waals surface area contributed by atoms with Crippen LogP contribution in [0.3, 0.4) is 0 Å². The average Bonchev–Trinajstić information content (AvgIpc) is 2.40. The van der Waals surface area contributed by atoms with Gasteiger partial charge in [0.2, 0.25) is 0 Å². The maximum Gasteiger partial charge on any atom is 0.0110 e. The molecule has 0 amide bonds. The summed E-state index contributed by atoms with van der Waals surface area (Å²) >= 11 is 0. The number of unbranched alkanes of at least 4 members (excludes halogenated alkanes) is 4. The molecule has 18 heavy (non-hydrogen) atoms. The average molecular weight is 256 g/mol. The highest BCUT2D eigenvalue weighted by atomic mass is 15.2. The van der Waals surface area contributed by atoms with E-state index >= 15 is 0 Å². The van der Waals surface area contributed by atoms with Crippen molar-refractivity contribution < 1.29 is 0 Å². The van der Waals surface area contributed by atoms with Crippen LogP contribution in [-0.2, 0) is 0 Å². The van der Waals surface area contributed by atoms with Gasteiger partial charge < -0.3 is 5.32 Å². The molecule has 0 aliphatic carbocycles. The lowest BCUT2D eigenvalue weighted by Gasteiger charge is -2.28. The van der Waals surface area contributed by atoms with E-state index in [4.69, 9.17) is 0 Å². The number of nitrogens with one attached hydrogen (secondary N) is 1. The smallest absolute Gasteiger partial charge is 0.0110 e. The molecule has 0 aromatic rings. The zero-order valence-electron chi connectivity index (χ0n) is 13.3.